The molecule has 0 bridgehead atoms. The first-order valence-corrected chi connectivity index (χ1v) is 12.0. The minimum absolute atomic E-state index is 0.00389. The summed E-state index contributed by atoms with van der Waals surface area (Å²) in [4.78, 5) is 25.8. The Hall–Kier alpha value is -2.49. The Morgan fingerprint density at radius 3 is 2.34 bits per heavy atom. The van der Waals surface area contributed by atoms with Gasteiger partial charge in [-0.05, 0) is 44.0 Å². The number of primary amides is 1. The summed E-state index contributed by atoms with van der Waals surface area (Å²) < 4.78 is 42.1. The van der Waals surface area contributed by atoms with Crippen molar-refractivity contribution in [2.24, 2.45) is 11.7 Å². The molecule has 3 rings (SSSR count). The summed E-state index contributed by atoms with van der Waals surface area (Å²) in [5.41, 5.74) is 6.20. The Balaban J connectivity index is 1.88. The van der Waals surface area contributed by atoms with E-state index in [9.17, 15) is 22.4 Å². The molecule has 0 spiro atoms. The van der Waals surface area contributed by atoms with Crippen LogP contribution in [-0.4, -0.2) is 49.1 Å². The molecule has 1 aliphatic heterocycles. The van der Waals surface area contributed by atoms with E-state index in [4.69, 9.17) is 17.3 Å². The summed E-state index contributed by atoms with van der Waals surface area (Å²) in [6.45, 7) is 1.54. The summed E-state index contributed by atoms with van der Waals surface area (Å²) in [7, 11) is -4.12. The lowest BCUT2D eigenvalue weighted by Gasteiger charge is -2.32. The Morgan fingerprint density at radius 1 is 1.16 bits per heavy atom. The maximum atomic E-state index is 14.4. The fourth-order valence-electron chi connectivity index (χ4n) is 3.61. The van der Waals surface area contributed by atoms with E-state index in [2.05, 4.69) is 0 Å². The fourth-order valence-corrected chi connectivity index (χ4v) is 5.19. The fraction of sp³-hybridized carbons (Fsp3) is 0.364. The number of halogens is 2. The van der Waals surface area contributed by atoms with Crippen molar-refractivity contribution < 1.29 is 22.4 Å². The second kappa shape index (κ2) is 9.97. The Labute approximate surface area is 192 Å². The highest BCUT2D eigenvalue weighted by atomic mass is 35.5. The van der Waals surface area contributed by atoms with Crippen molar-refractivity contribution in [3.05, 3.63) is 64.4 Å². The number of carbonyl (C=O) groups is 2. The normalized spacial score (nSPS) is 15.2. The van der Waals surface area contributed by atoms with Crippen molar-refractivity contribution >= 4 is 33.4 Å². The molecule has 10 heteroatoms. The molecular weight excluding hydrogens is 457 g/mol. The lowest BCUT2D eigenvalue weighted by molar-refractivity contribution is -0.135. The highest BCUT2D eigenvalue weighted by Crippen LogP contribution is 2.25. The van der Waals surface area contributed by atoms with Crippen molar-refractivity contribution in [3.8, 4) is 0 Å². The van der Waals surface area contributed by atoms with Gasteiger partial charge in [0.05, 0.1) is 11.4 Å². The van der Waals surface area contributed by atoms with Gasteiger partial charge in [0.25, 0.3) is 0 Å². The second-order valence-corrected chi connectivity index (χ2v) is 10.2. The Bertz CT molecular complexity index is 1080. The zero-order chi connectivity index (χ0) is 23.5. The number of carbonyl (C=O) groups excluding carboxylic acids is 2. The molecule has 172 valence electrons. The predicted octanol–water partition coefficient (Wildman–Crippen LogP) is 2.70. The molecule has 0 atom stereocenters. The Kier molecular flexibility index (Phi) is 7.53. The average Bonchev–Trinajstić information content (AvgIpc) is 2.75. The van der Waals surface area contributed by atoms with Crippen LogP contribution in [0.5, 0.6) is 0 Å². The van der Waals surface area contributed by atoms with Gasteiger partial charge in [0.15, 0.2) is 0 Å². The highest BCUT2D eigenvalue weighted by molar-refractivity contribution is 7.89. The number of benzene rings is 2. The zero-order valence-electron chi connectivity index (χ0n) is 17.6. The quantitative estimate of drug-likeness (QED) is 0.657. The molecular formula is C22H25ClFN3O4S. The van der Waals surface area contributed by atoms with Gasteiger partial charge in [-0.2, -0.15) is 4.31 Å². The van der Waals surface area contributed by atoms with E-state index >= 15 is 0 Å². The molecule has 0 saturated carbocycles. The third-order valence-corrected chi connectivity index (χ3v) is 7.78. The summed E-state index contributed by atoms with van der Waals surface area (Å²) in [6.07, 6.45) is 0.843. The van der Waals surface area contributed by atoms with Gasteiger partial charge in [0.2, 0.25) is 21.8 Å². The molecule has 7 nitrogen and oxygen atoms in total. The topological polar surface area (TPSA) is 101 Å². The van der Waals surface area contributed by atoms with Gasteiger partial charge in [0, 0.05) is 36.1 Å². The number of likely N-dealkylation sites (tertiary alicyclic amines) is 1. The molecule has 1 aliphatic rings. The maximum absolute atomic E-state index is 14.4. The number of nitrogens with two attached hydrogens (primary N) is 1. The van der Waals surface area contributed by atoms with Crippen LogP contribution < -0.4 is 5.73 Å². The number of amides is 2. The minimum atomic E-state index is -4.12. The Morgan fingerprint density at radius 2 is 1.78 bits per heavy atom. The van der Waals surface area contributed by atoms with Crippen LogP contribution in [0.25, 0.3) is 0 Å². The largest absolute Gasteiger partial charge is 0.369 e. The highest BCUT2D eigenvalue weighted by Gasteiger charge is 2.32. The molecule has 0 aliphatic carbocycles. The molecule has 2 N–H and O–H groups in total. The van der Waals surface area contributed by atoms with Crippen LogP contribution in [0.15, 0.2) is 47.4 Å². The summed E-state index contributed by atoms with van der Waals surface area (Å²) in [5, 5.41) is 0.0730. The van der Waals surface area contributed by atoms with Crippen molar-refractivity contribution in [2.75, 3.05) is 19.6 Å². The molecule has 1 saturated heterocycles. The van der Waals surface area contributed by atoms with Crippen LogP contribution in [0.4, 0.5) is 4.39 Å². The SMILES string of the molecule is Cc1ccc(S(=O)(=O)N(CC(=O)N2CCC(C(N)=O)CC2)Cc2c(F)cccc2Cl)cc1. The molecule has 2 amide bonds. The third kappa shape index (κ3) is 5.46. The lowest BCUT2D eigenvalue weighted by atomic mass is 9.96. The number of hydrogen-bond acceptors (Lipinski definition) is 4. The molecule has 0 radical (unpaired) electrons. The van der Waals surface area contributed by atoms with Gasteiger partial charge in [-0.25, -0.2) is 12.8 Å². The molecule has 2 aromatic rings. The van der Waals surface area contributed by atoms with Crippen molar-refractivity contribution in [1.29, 1.82) is 0 Å². The summed E-state index contributed by atoms with van der Waals surface area (Å²) in [5.74, 6) is -1.80. The van der Waals surface area contributed by atoms with Crippen molar-refractivity contribution in [3.63, 3.8) is 0 Å². The molecule has 32 heavy (non-hydrogen) atoms. The van der Waals surface area contributed by atoms with Gasteiger partial charge in [0.1, 0.15) is 5.82 Å². The first-order chi connectivity index (χ1) is 15.1. The van der Waals surface area contributed by atoms with Crippen molar-refractivity contribution in [2.45, 2.75) is 31.2 Å². The van der Waals surface area contributed by atoms with Crippen LogP contribution in [0, 0.1) is 18.7 Å². The third-order valence-electron chi connectivity index (χ3n) is 5.62. The monoisotopic (exact) mass is 481 g/mol. The van der Waals surface area contributed by atoms with E-state index in [0.29, 0.717) is 25.9 Å². The number of piperidine rings is 1. The van der Waals surface area contributed by atoms with Crippen LogP contribution in [0.3, 0.4) is 0 Å². The number of sulfonamides is 1. The second-order valence-electron chi connectivity index (χ2n) is 7.84. The van der Waals surface area contributed by atoms with Gasteiger partial charge in [-0.1, -0.05) is 35.4 Å². The number of nitrogens with zero attached hydrogens (tertiary/aromatic N) is 2. The van der Waals surface area contributed by atoms with E-state index in [1.165, 1.54) is 35.2 Å². The standard InChI is InChI=1S/C22H25ClFN3O4S/c1-15-5-7-17(8-6-15)32(30,31)27(13-18-19(23)3-2-4-20(18)24)14-21(28)26-11-9-16(10-12-26)22(25)29/h2-8,16H,9-14H2,1H3,(H2,25,29). The van der Waals surface area contributed by atoms with Gasteiger partial charge >= 0.3 is 0 Å². The molecule has 0 unspecified atom stereocenters. The lowest BCUT2D eigenvalue weighted by Crippen LogP contribution is -2.47. The number of rotatable bonds is 7. The van der Waals surface area contributed by atoms with Crippen LogP contribution in [-0.2, 0) is 26.2 Å². The van der Waals surface area contributed by atoms with Crippen molar-refractivity contribution in [1.82, 2.24) is 9.21 Å². The molecule has 2 aromatic carbocycles. The molecule has 1 fully saturated rings. The van der Waals surface area contributed by atoms with E-state index in [0.717, 1.165) is 9.87 Å². The summed E-state index contributed by atoms with van der Waals surface area (Å²) in [6, 6.07) is 10.3. The zero-order valence-corrected chi connectivity index (χ0v) is 19.2. The average molecular weight is 482 g/mol. The maximum Gasteiger partial charge on any atom is 0.243 e. The van der Waals surface area contributed by atoms with E-state index in [1.54, 1.807) is 12.1 Å². The van der Waals surface area contributed by atoms with Gasteiger partial charge in [-0.15, -0.1) is 0 Å². The van der Waals surface area contributed by atoms with E-state index < -0.39 is 40.7 Å². The van der Waals surface area contributed by atoms with E-state index in [1.807, 2.05) is 6.92 Å². The minimum Gasteiger partial charge on any atom is -0.369 e. The van der Waals surface area contributed by atoms with Gasteiger partial charge < -0.3 is 10.6 Å². The van der Waals surface area contributed by atoms with E-state index in [-0.39, 0.29) is 21.4 Å². The smallest absolute Gasteiger partial charge is 0.243 e. The first kappa shape index (κ1) is 24.2. The molecule has 1 heterocycles. The van der Waals surface area contributed by atoms with Gasteiger partial charge in [-0.3, -0.25) is 9.59 Å². The molecule has 0 aromatic heterocycles. The number of aryl methyl sites for hydroxylation is 1. The predicted molar refractivity (Wildman–Crippen MR) is 119 cm³/mol. The first-order valence-electron chi connectivity index (χ1n) is 10.2. The number of hydrogen-bond donors (Lipinski definition) is 1. The summed E-state index contributed by atoms with van der Waals surface area (Å²) >= 11 is 6.12. The van der Waals surface area contributed by atoms with Crippen LogP contribution >= 0.6 is 11.6 Å². The van der Waals surface area contributed by atoms with Crippen LogP contribution in [0.2, 0.25) is 5.02 Å². The van der Waals surface area contributed by atoms with Crippen LogP contribution in [0.1, 0.15) is 24.0 Å².